The van der Waals surface area contributed by atoms with Gasteiger partial charge in [-0.2, -0.15) is 0 Å². The van der Waals surface area contributed by atoms with Crippen LogP contribution in [0.1, 0.15) is 17.0 Å². The molecule has 0 fully saturated rings. The molecule has 1 atom stereocenters. The molecule has 3 rings (SSSR count). The molecule has 0 aliphatic heterocycles. The second-order valence-electron chi connectivity index (χ2n) is 6.32. The van der Waals surface area contributed by atoms with Gasteiger partial charge in [-0.3, -0.25) is 9.00 Å². The number of oxazole rings is 1. The molecule has 0 saturated carbocycles. The summed E-state index contributed by atoms with van der Waals surface area (Å²) in [5.74, 6) is 1.33. The van der Waals surface area contributed by atoms with Crippen LogP contribution in [0, 0.1) is 6.92 Å². The fourth-order valence-corrected chi connectivity index (χ4v) is 4.04. The van der Waals surface area contributed by atoms with E-state index in [0.29, 0.717) is 40.2 Å². The zero-order chi connectivity index (χ0) is 20.8. The topological polar surface area (TPSA) is 81.4 Å². The lowest BCUT2D eigenvalue weighted by atomic mass is 10.2. The summed E-state index contributed by atoms with van der Waals surface area (Å²) in [6.07, 6.45) is 0. The summed E-state index contributed by atoms with van der Waals surface area (Å²) in [5.41, 5.74) is 2.07. The first kappa shape index (κ1) is 21.1. The molecule has 2 aromatic carbocycles. The Kier molecular flexibility index (Phi) is 7.06. The number of aromatic nitrogens is 1. The highest BCUT2D eigenvalue weighted by Crippen LogP contribution is 2.28. The molecule has 152 valence electrons. The molecule has 0 aliphatic carbocycles. The molecule has 0 aliphatic rings. The van der Waals surface area contributed by atoms with Crippen LogP contribution in [0.3, 0.4) is 0 Å². The first-order chi connectivity index (χ1) is 14.0. The minimum atomic E-state index is -1.42. The van der Waals surface area contributed by atoms with Crippen LogP contribution in [0.15, 0.2) is 52.9 Å². The summed E-state index contributed by atoms with van der Waals surface area (Å²) in [6, 6.07) is 14.6. The van der Waals surface area contributed by atoms with Gasteiger partial charge in [0.05, 0.1) is 29.1 Å². The molecular formula is C21H21ClN2O4S. The number of benzene rings is 2. The Morgan fingerprint density at radius 1 is 1.21 bits per heavy atom. The number of para-hydroxylation sites is 1. The second kappa shape index (κ2) is 9.71. The standard InChI is InChI=1S/C21H21ClN2O4S/c1-14-18(24-21(28-14)16-8-4-5-9-17(16)22)12-29(26)13-20(25)23-11-15-7-3-6-10-19(15)27-2/h3-10H,11-13H2,1-2H3,(H,23,25). The van der Waals surface area contributed by atoms with E-state index in [1.807, 2.05) is 36.4 Å². The normalized spacial score (nSPS) is 11.8. The van der Waals surface area contributed by atoms with Crippen molar-refractivity contribution in [3.8, 4) is 17.2 Å². The fraction of sp³-hybridized carbons (Fsp3) is 0.238. The Labute approximate surface area is 176 Å². The number of halogens is 1. The summed E-state index contributed by atoms with van der Waals surface area (Å²) in [7, 11) is 0.153. The molecule has 6 nitrogen and oxygen atoms in total. The third-order valence-corrected chi connectivity index (χ3v) is 5.76. The summed E-state index contributed by atoms with van der Waals surface area (Å²) in [6.45, 7) is 2.06. The molecule has 29 heavy (non-hydrogen) atoms. The molecule has 0 bridgehead atoms. The van der Waals surface area contributed by atoms with Crippen LogP contribution in [0.4, 0.5) is 0 Å². The van der Waals surface area contributed by atoms with Gasteiger partial charge >= 0.3 is 0 Å². The molecule has 0 spiro atoms. The van der Waals surface area contributed by atoms with Gasteiger partial charge in [-0.1, -0.05) is 41.9 Å². The van der Waals surface area contributed by atoms with Crippen molar-refractivity contribution in [2.75, 3.05) is 12.9 Å². The molecule has 1 amide bonds. The number of rotatable bonds is 8. The number of amides is 1. The molecule has 1 N–H and O–H groups in total. The maximum absolute atomic E-state index is 12.4. The Morgan fingerprint density at radius 2 is 1.93 bits per heavy atom. The quantitative estimate of drug-likeness (QED) is 0.584. The lowest BCUT2D eigenvalue weighted by molar-refractivity contribution is -0.118. The van der Waals surface area contributed by atoms with Crippen molar-refractivity contribution in [3.05, 3.63) is 70.6 Å². The number of carbonyl (C=O) groups excluding carboxylic acids is 1. The van der Waals surface area contributed by atoms with Crippen LogP contribution in [0.2, 0.25) is 5.02 Å². The fourth-order valence-electron chi connectivity index (χ4n) is 2.76. The highest BCUT2D eigenvalue weighted by atomic mass is 35.5. The molecule has 0 radical (unpaired) electrons. The monoisotopic (exact) mass is 432 g/mol. The van der Waals surface area contributed by atoms with Crippen molar-refractivity contribution in [3.63, 3.8) is 0 Å². The SMILES string of the molecule is COc1ccccc1CNC(=O)CS(=O)Cc1nc(-c2ccccc2Cl)oc1C. The van der Waals surface area contributed by atoms with E-state index in [4.69, 9.17) is 20.8 Å². The summed E-state index contributed by atoms with van der Waals surface area (Å²) in [5, 5.41) is 3.30. The molecule has 3 aromatic rings. The van der Waals surface area contributed by atoms with Crippen LogP contribution in [0.25, 0.3) is 11.5 Å². The van der Waals surface area contributed by atoms with Crippen LogP contribution in [0.5, 0.6) is 5.75 Å². The first-order valence-electron chi connectivity index (χ1n) is 8.92. The molecule has 1 unspecified atom stereocenters. The number of carbonyl (C=O) groups is 1. The molecule has 1 heterocycles. The van der Waals surface area contributed by atoms with Crippen molar-refractivity contribution >= 4 is 28.3 Å². The number of nitrogens with zero attached hydrogens (tertiary/aromatic N) is 1. The maximum Gasteiger partial charge on any atom is 0.232 e. The Bertz CT molecular complexity index is 1040. The van der Waals surface area contributed by atoms with Gasteiger partial charge in [-0.15, -0.1) is 0 Å². The Balaban J connectivity index is 1.58. The van der Waals surface area contributed by atoms with E-state index in [2.05, 4.69) is 10.3 Å². The van der Waals surface area contributed by atoms with Gasteiger partial charge < -0.3 is 14.5 Å². The summed E-state index contributed by atoms with van der Waals surface area (Å²) < 4.78 is 23.4. The highest BCUT2D eigenvalue weighted by molar-refractivity contribution is 7.84. The van der Waals surface area contributed by atoms with Crippen molar-refractivity contribution in [2.45, 2.75) is 19.2 Å². The summed E-state index contributed by atoms with van der Waals surface area (Å²) in [4.78, 5) is 16.6. The van der Waals surface area contributed by atoms with Crippen LogP contribution >= 0.6 is 11.6 Å². The number of nitrogens with one attached hydrogen (secondary N) is 1. The smallest absolute Gasteiger partial charge is 0.232 e. The van der Waals surface area contributed by atoms with Gasteiger partial charge in [0.25, 0.3) is 0 Å². The number of aryl methyl sites for hydroxylation is 1. The zero-order valence-electron chi connectivity index (χ0n) is 16.1. The summed E-state index contributed by atoms with van der Waals surface area (Å²) >= 11 is 6.18. The largest absolute Gasteiger partial charge is 0.496 e. The van der Waals surface area contributed by atoms with Crippen molar-refractivity contribution in [1.29, 1.82) is 0 Å². The molecule has 0 saturated heterocycles. The van der Waals surface area contributed by atoms with Gasteiger partial charge in [-0.05, 0) is 25.1 Å². The lowest BCUT2D eigenvalue weighted by Crippen LogP contribution is -2.28. The van der Waals surface area contributed by atoms with E-state index >= 15 is 0 Å². The van der Waals surface area contributed by atoms with Gasteiger partial charge in [0, 0.05) is 22.9 Å². The van der Waals surface area contributed by atoms with Crippen LogP contribution in [-0.4, -0.2) is 28.0 Å². The van der Waals surface area contributed by atoms with E-state index in [1.54, 1.807) is 26.2 Å². The van der Waals surface area contributed by atoms with Crippen molar-refractivity contribution in [1.82, 2.24) is 10.3 Å². The minimum Gasteiger partial charge on any atom is -0.496 e. The van der Waals surface area contributed by atoms with E-state index < -0.39 is 10.8 Å². The second-order valence-corrected chi connectivity index (χ2v) is 8.18. The number of methoxy groups -OCH3 is 1. The van der Waals surface area contributed by atoms with E-state index in [1.165, 1.54) is 0 Å². The van der Waals surface area contributed by atoms with Gasteiger partial charge in [0.1, 0.15) is 17.3 Å². The Morgan fingerprint density at radius 3 is 2.69 bits per heavy atom. The maximum atomic E-state index is 12.4. The molecule has 1 aromatic heterocycles. The van der Waals surface area contributed by atoms with Gasteiger partial charge in [0.2, 0.25) is 11.8 Å². The zero-order valence-corrected chi connectivity index (χ0v) is 17.7. The predicted octanol–water partition coefficient (Wildman–Crippen LogP) is 3.88. The Hall–Kier alpha value is -2.64. The van der Waals surface area contributed by atoms with E-state index in [-0.39, 0.29) is 17.4 Å². The third-order valence-electron chi connectivity index (χ3n) is 4.26. The number of hydrogen-bond donors (Lipinski definition) is 1. The van der Waals surface area contributed by atoms with E-state index in [0.717, 1.165) is 5.56 Å². The van der Waals surface area contributed by atoms with E-state index in [9.17, 15) is 9.00 Å². The van der Waals surface area contributed by atoms with Crippen LogP contribution < -0.4 is 10.1 Å². The molecule has 8 heteroatoms. The van der Waals surface area contributed by atoms with Gasteiger partial charge in [0.15, 0.2) is 0 Å². The average molecular weight is 433 g/mol. The average Bonchev–Trinajstić information content (AvgIpc) is 3.06. The molecular weight excluding hydrogens is 412 g/mol. The van der Waals surface area contributed by atoms with Crippen molar-refractivity contribution < 1.29 is 18.2 Å². The minimum absolute atomic E-state index is 0.122. The highest BCUT2D eigenvalue weighted by Gasteiger charge is 2.17. The number of hydrogen-bond acceptors (Lipinski definition) is 5. The lowest BCUT2D eigenvalue weighted by Gasteiger charge is -2.09. The first-order valence-corrected chi connectivity index (χ1v) is 10.8. The predicted molar refractivity (Wildman–Crippen MR) is 113 cm³/mol. The third kappa shape index (κ3) is 5.46. The van der Waals surface area contributed by atoms with Crippen molar-refractivity contribution in [2.24, 2.45) is 0 Å². The van der Waals surface area contributed by atoms with Gasteiger partial charge in [-0.25, -0.2) is 4.98 Å². The van der Waals surface area contributed by atoms with Crippen LogP contribution in [-0.2, 0) is 27.9 Å². The number of ether oxygens (including phenoxy) is 1.